The van der Waals surface area contributed by atoms with E-state index in [0.29, 0.717) is 20.6 Å². The number of nitrogens with zero attached hydrogens (tertiary/aromatic N) is 2. The van der Waals surface area contributed by atoms with Gasteiger partial charge < -0.3 is 20.5 Å². The van der Waals surface area contributed by atoms with Crippen LogP contribution in [0.5, 0.6) is 0 Å². The molecule has 0 aliphatic rings. The SMILES string of the molecule is CCCCCSc1nc2nc(NCC(O)CO)sc2c(=O)[nH]1. The Labute approximate surface area is 136 Å². The summed E-state index contributed by atoms with van der Waals surface area (Å²) >= 11 is 2.71. The Balaban J connectivity index is 2.07. The van der Waals surface area contributed by atoms with Gasteiger partial charge in [0.1, 0.15) is 4.70 Å². The first-order valence-electron chi connectivity index (χ1n) is 7.20. The molecular formula is C13H20N4O3S2. The fourth-order valence-corrected chi connectivity index (χ4v) is 3.41. The lowest BCUT2D eigenvalue weighted by Crippen LogP contribution is -2.22. The first-order chi connectivity index (χ1) is 10.6. The zero-order valence-electron chi connectivity index (χ0n) is 12.3. The third-order valence-electron chi connectivity index (χ3n) is 2.93. The number of hydrogen-bond donors (Lipinski definition) is 4. The van der Waals surface area contributed by atoms with E-state index in [-0.39, 0.29) is 18.7 Å². The monoisotopic (exact) mass is 344 g/mol. The molecule has 0 spiro atoms. The van der Waals surface area contributed by atoms with Crippen LogP contribution in [0.1, 0.15) is 26.2 Å². The first-order valence-corrected chi connectivity index (χ1v) is 9.00. The molecule has 0 amide bonds. The van der Waals surface area contributed by atoms with Crippen molar-refractivity contribution in [3.05, 3.63) is 10.4 Å². The van der Waals surface area contributed by atoms with Gasteiger partial charge in [-0.15, -0.1) is 0 Å². The van der Waals surface area contributed by atoms with Crippen LogP contribution < -0.4 is 10.9 Å². The predicted octanol–water partition coefficient (Wildman–Crippen LogP) is 1.43. The first kappa shape index (κ1) is 17.2. The van der Waals surface area contributed by atoms with Gasteiger partial charge in [0.2, 0.25) is 0 Å². The van der Waals surface area contributed by atoms with Crippen LogP contribution in [-0.4, -0.2) is 50.2 Å². The van der Waals surface area contributed by atoms with Crippen molar-refractivity contribution < 1.29 is 10.2 Å². The topological polar surface area (TPSA) is 111 Å². The zero-order chi connectivity index (χ0) is 15.9. The second-order valence-electron chi connectivity index (χ2n) is 4.82. The summed E-state index contributed by atoms with van der Waals surface area (Å²) in [6, 6.07) is 0. The van der Waals surface area contributed by atoms with Crippen molar-refractivity contribution in [2.75, 3.05) is 24.2 Å². The number of hydrogen-bond acceptors (Lipinski definition) is 8. The zero-order valence-corrected chi connectivity index (χ0v) is 14.0. The lowest BCUT2D eigenvalue weighted by atomic mass is 10.3. The number of aromatic nitrogens is 3. The minimum atomic E-state index is -0.858. The van der Waals surface area contributed by atoms with E-state index in [1.807, 2.05) is 0 Å². The number of aromatic amines is 1. The molecule has 0 aliphatic carbocycles. The van der Waals surface area contributed by atoms with Crippen LogP contribution in [0.15, 0.2) is 9.95 Å². The maximum Gasteiger partial charge on any atom is 0.271 e. The lowest BCUT2D eigenvalue weighted by molar-refractivity contribution is 0.105. The molecule has 0 saturated heterocycles. The van der Waals surface area contributed by atoms with E-state index in [1.165, 1.54) is 23.1 Å². The van der Waals surface area contributed by atoms with Crippen molar-refractivity contribution in [2.24, 2.45) is 0 Å². The number of H-pyrrole nitrogens is 1. The van der Waals surface area contributed by atoms with Crippen molar-refractivity contribution in [3.63, 3.8) is 0 Å². The quantitative estimate of drug-likeness (QED) is 0.309. The molecule has 1 atom stereocenters. The minimum Gasteiger partial charge on any atom is -0.394 e. The molecule has 0 bridgehead atoms. The fraction of sp³-hybridized carbons (Fsp3) is 0.615. The van der Waals surface area contributed by atoms with Crippen molar-refractivity contribution in [3.8, 4) is 0 Å². The number of fused-ring (bicyclic) bond motifs is 1. The molecule has 2 rings (SSSR count). The molecule has 22 heavy (non-hydrogen) atoms. The van der Waals surface area contributed by atoms with E-state index >= 15 is 0 Å². The smallest absolute Gasteiger partial charge is 0.271 e. The Hall–Kier alpha value is -1.16. The van der Waals surface area contributed by atoms with Gasteiger partial charge in [-0.3, -0.25) is 4.79 Å². The van der Waals surface area contributed by atoms with Crippen LogP contribution in [0.25, 0.3) is 10.3 Å². The molecule has 7 nitrogen and oxygen atoms in total. The van der Waals surface area contributed by atoms with Gasteiger partial charge in [0.25, 0.3) is 5.56 Å². The summed E-state index contributed by atoms with van der Waals surface area (Å²) in [5.41, 5.74) is 0.212. The second kappa shape index (κ2) is 8.47. The highest BCUT2D eigenvalue weighted by Crippen LogP contribution is 2.23. The van der Waals surface area contributed by atoms with Crippen LogP contribution in [0, 0.1) is 0 Å². The molecule has 2 heterocycles. The van der Waals surface area contributed by atoms with Crippen molar-refractivity contribution in [1.29, 1.82) is 0 Å². The summed E-state index contributed by atoms with van der Waals surface area (Å²) in [6.45, 7) is 2.00. The van der Waals surface area contributed by atoms with Gasteiger partial charge in [0.05, 0.1) is 12.7 Å². The number of nitrogens with one attached hydrogen (secondary N) is 2. The van der Waals surface area contributed by atoms with E-state index in [1.54, 1.807) is 0 Å². The van der Waals surface area contributed by atoms with E-state index in [9.17, 15) is 9.90 Å². The van der Waals surface area contributed by atoms with Crippen molar-refractivity contribution in [2.45, 2.75) is 37.4 Å². The number of unbranched alkanes of at least 4 members (excludes halogenated alkanes) is 2. The maximum absolute atomic E-state index is 12.0. The van der Waals surface area contributed by atoms with Crippen LogP contribution in [0.3, 0.4) is 0 Å². The Morgan fingerprint density at radius 3 is 2.95 bits per heavy atom. The van der Waals surface area contributed by atoms with E-state index in [4.69, 9.17) is 5.11 Å². The normalized spacial score (nSPS) is 12.7. The summed E-state index contributed by atoms with van der Waals surface area (Å²) in [5.74, 6) is 0.917. The molecule has 2 aromatic heterocycles. The maximum atomic E-state index is 12.0. The third-order valence-corrected chi connectivity index (χ3v) is 4.89. The van der Waals surface area contributed by atoms with Gasteiger partial charge in [-0.25, -0.2) is 4.98 Å². The van der Waals surface area contributed by atoms with Gasteiger partial charge in [-0.1, -0.05) is 42.9 Å². The van der Waals surface area contributed by atoms with E-state index in [2.05, 4.69) is 27.2 Å². The predicted molar refractivity (Wildman–Crippen MR) is 89.9 cm³/mol. The Morgan fingerprint density at radius 2 is 2.23 bits per heavy atom. The van der Waals surface area contributed by atoms with Crippen molar-refractivity contribution >= 4 is 38.6 Å². The Morgan fingerprint density at radius 1 is 1.41 bits per heavy atom. The summed E-state index contributed by atoms with van der Waals surface area (Å²) in [5, 5.41) is 22.1. The lowest BCUT2D eigenvalue weighted by Gasteiger charge is -2.06. The van der Waals surface area contributed by atoms with E-state index < -0.39 is 6.10 Å². The van der Waals surface area contributed by atoms with Crippen LogP contribution in [0.2, 0.25) is 0 Å². The number of rotatable bonds is 9. The van der Waals surface area contributed by atoms with Gasteiger partial charge in [0, 0.05) is 12.3 Å². The largest absolute Gasteiger partial charge is 0.394 e. The molecule has 0 saturated carbocycles. The third kappa shape index (κ3) is 4.67. The summed E-state index contributed by atoms with van der Waals surface area (Å²) in [7, 11) is 0. The highest BCUT2D eigenvalue weighted by atomic mass is 32.2. The molecule has 4 N–H and O–H groups in total. The van der Waals surface area contributed by atoms with Gasteiger partial charge >= 0.3 is 0 Å². The molecule has 1 unspecified atom stereocenters. The minimum absolute atomic E-state index is 0.173. The molecule has 0 radical (unpaired) electrons. The Kier molecular flexibility index (Phi) is 6.62. The average Bonchev–Trinajstić information content (AvgIpc) is 2.93. The second-order valence-corrected chi connectivity index (χ2v) is 6.90. The van der Waals surface area contributed by atoms with E-state index in [0.717, 1.165) is 25.0 Å². The molecular weight excluding hydrogens is 324 g/mol. The fourth-order valence-electron chi connectivity index (χ4n) is 1.75. The summed E-state index contributed by atoms with van der Waals surface area (Å²) < 4.78 is 0.457. The standard InChI is InChI=1S/C13H20N4O3S2/c1-2-3-4-5-21-13-16-10-9(11(20)17-13)22-12(15-10)14-6-8(19)7-18/h8,18-19H,2-7H2,1H3,(H2,14,15,16,17,20). The Bertz CT molecular complexity index is 658. The molecule has 2 aromatic rings. The molecule has 122 valence electrons. The molecule has 0 aromatic carbocycles. The number of aliphatic hydroxyl groups excluding tert-OH is 2. The van der Waals surface area contributed by atoms with Gasteiger partial charge in [-0.2, -0.15) is 4.98 Å². The average molecular weight is 344 g/mol. The summed E-state index contributed by atoms with van der Waals surface area (Å²) in [4.78, 5) is 23.4. The number of anilines is 1. The van der Waals surface area contributed by atoms with Crippen LogP contribution >= 0.6 is 23.1 Å². The number of thiazole rings is 1. The molecule has 0 fully saturated rings. The highest BCUT2D eigenvalue weighted by molar-refractivity contribution is 7.99. The van der Waals surface area contributed by atoms with Crippen LogP contribution in [0.4, 0.5) is 5.13 Å². The molecule has 0 aliphatic heterocycles. The number of thioether (sulfide) groups is 1. The van der Waals surface area contributed by atoms with Gasteiger partial charge in [-0.05, 0) is 6.42 Å². The highest BCUT2D eigenvalue weighted by Gasteiger charge is 2.11. The van der Waals surface area contributed by atoms with Crippen LogP contribution in [-0.2, 0) is 0 Å². The summed E-state index contributed by atoms with van der Waals surface area (Å²) in [6.07, 6.45) is 2.55. The van der Waals surface area contributed by atoms with Gasteiger partial charge in [0.15, 0.2) is 15.9 Å². The van der Waals surface area contributed by atoms with Crippen molar-refractivity contribution in [1.82, 2.24) is 15.0 Å². The number of aliphatic hydroxyl groups is 2. The molecule has 9 heteroatoms.